The molecule has 0 saturated carbocycles. The number of anilines is 2. The van der Waals surface area contributed by atoms with Crippen molar-refractivity contribution in [3.8, 4) is 5.75 Å². The standard InChI is InChI=1S/C11H17FN2O2/c1-3-16-11-5-10(14-7(2)6-15)9(13)4-8(11)12/h4-5,7,14-15H,3,6,13H2,1-2H3. The third-order valence-electron chi connectivity index (χ3n) is 2.08. The topological polar surface area (TPSA) is 67.5 Å². The fourth-order valence-electron chi connectivity index (χ4n) is 1.27. The third kappa shape index (κ3) is 3.00. The minimum absolute atomic E-state index is 0.0270. The molecule has 0 spiro atoms. The molecule has 5 heteroatoms. The molecule has 0 aliphatic heterocycles. The van der Waals surface area contributed by atoms with Gasteiger partial charge in [-0.15, -0.1) is 0 Å². The molecule has 1 aromatic carbocycles. The van der Waals surface area contributed by atoms with Gasteiger partial charge in [-0.3, -0.25) is 0 Å². The molecule has 0 heterocycles. The third-order valence-corrected chi connectivity index (χ3v) is 2.08. The van der Waals surface area contributed by atoms with Crippen LogP contribution in [0, 0.1) is 5.82 Å². The quantitative estimate of drug-likeness (QED) is 0.670. The summed E-state index contributed by atoms with van der Waals surface area (Å²) in [7, 11) is 0. The molecular formula is C11H17FN2O2. The summed E-state index contributed by atoms with van der Waals surface area (Å²) in [6, 6.07) is 2.56. The van der Waals surface area contributed by atoms with E-state index < -0.39 is 5.82 Å². The van der Waals surface area contributed by atoms with Crippen molar-refractivity contribution in [3.05, 3.63) is 17.9 Å². The van der Waals surface area contributed by atoms with Gasteiger partial charge in [0, 0.05) is 18.2 Å². The van der Waals surface area contributed by atoms with Crippen molar-refractivity contribution in [1.82, 2.24) is 0 Å². The Morgan fingerprint density at radius 2 is 2.25 bits per heavy atom. The maximum Gasteiger partial charge on any atom is 0.167 e. The van der Waals surface area contributed by atoms with Crippen LogP contribution in [0.25, 0.3) is 0 Å². The molecule has 16 heavy (non-hydrogen) atoms. The van der Waals surface area contributed by atoms with Crippen molar-refractivity contribution >= 4 is 11.4 Å². The van der Waals surface area contributed by atoms with Gasteiger partial charge in [0.15, 0.2) is 11.6 Å². The number of aliphatic hydroxyl groups is 1. The zero-order chi connectivity index (χ0) is 12.1. The molecule has 0 aliphatic carbocycles. The predicted molar refractivity (Wildman–Crippen MR) is 62.2 cm³/mol. The summed E-state index contributed by atoms with van der Waals surface area (Å²) in [5.74, 6) is -0.328. The SMILES string of the molecule is CCOc1cc(NC(C)CO)c(N)cc1F. The minimum atomic E-state index is -0.485. The Hall–Kier alpha value is -1.49. The van der Waals surface area contributed by atoms with E-state index in [1.165, 1.54) is 12.1 Å². The average Bonchev–Trinajstić information content (AvgIpc) is 2.25. The van der Waals surface area contributed by atoms with Crippen LogP contribution in [-0.4, -0.2) is 24.4 Å². The van der Waals surface area contributed by atoms with Gasteiger partial charge >= 0.3 is 0 Å². The molecule has 1 aromatic rings. The molecule has 0 fully saturated rings. The van der Waals surface area contributed by atoms with Crippen molar-refractivity contribution in [2.75, 3.05) is 24.3 Å². The normalized spacial score (nSPS) is 12.2. The van der Waals surface area contributed by atoms with E-state index in [1.54, 1.807) is 13.8 Å². The lowest BCUT2D eigenvalue weighted by Gasteiger charge is -2.16. The van der Waals surface area contributed by atoms with Gasteiger partial charge in [-0.25, -0.2) is 4.39 Å². The number of hydrogen-bond acceptors (Lipinski definition) is 4. The van der Waals surface area contributed by atoms with Crippen LogP contribution < -0.4 is 15.8 Å². The average molecular weight is 228 g/mol. The molecule has 0 aromatic heterocycles. The number of nitrogen functional groups attached to an aromatic ring is 1. The van der Waals surface area contributed by atoms with Gasteiger partial charge in [0.2, 0.25) is 0 Å². The minimum Gasteiger partial charge on any atom is -0.491 e. The van der Waals surface area contributed by atoms with Gasteiger partial charge in [0.1, 0.15) is 0 Å². The number of hydrogen-bond donors (Lipinski definition) is 3. The van der Waals surface area contributed by atoms with Crippen LogP contribution in [0.2, 0.25) is 0 Å². The first-order valence-corrected chi connectivity index (χ1v) is 5.17. The monoisotopic (exact) mass is 228 g/mol. The number of benzene rings is 1. The molecular weight excluding hydrogens is 211 g/mol. The fourth-order valence-corrected chi connectivity index (χ4v) is 1.27. The van der Waals surface area contributed by atoms with Crippen LogP contribution in [0.15, 0.2) is 12.1 Å². The van der Waals surface area contributed by atoms with Crippen LogP contribution in [0.3, 0.4) is 0 Å². The molecule has 0 amide bonds. The van der Waals surface area contributed by atoms with Gasteiger partial charge in [0.25, 0.3) is 0 Å². The largest absolute Gasteiger partial charge is 0.491 e. The van der Waals surface area contributed by atoms with Crippen LogP contribution in [0.5, 0.6) is 5.75 Å². The molecule has 1 unspecified atom stereocenters. The van der Waals surface area contributed by atoms with Gasteiger partial charge in [0.05, 0.1) is 24.6 Å². The summed E-state index contributed by atoms with van der Waals surface area (Å²) in [6.07, 6.45) is 0. The second kappa shape index (κ2) is 5.55. The molecule has 4 N–H and O–H groups in total. The van der Waals surface area contributed by atoms with Crippen molar-refractivity contribution in [3.63, 3.8) is 0 Å². The zero-order valence-electron chi connectivity index (χ0n) is 9.46. The van der Waals surface area contributed by atoms with Crippen molar-refractivity contribution in [2.24, 2.45) is 0 Å². The first-order valence-electron chi connectivity index (χ1n) is 5.17. The Kier molecular flexibility index (Phi) is 4.37. The van der Waals surface area contributed by atoms with E-state index >= 15 is 0 Å². The molecule has 1 rings (SSSR count). The summed E-state index contributed by atoms with van der Waals surface area (Å²) in [4.78, 5) is 0. The number of aliphatic hydroxyl groups excluding tert-OH is 1. The maximum absolute atomic E-state index is 13.4. The van der Waals surface area contributed by atoms with Gasteiger partial charge in [-0.1, -0.05) is 0 Å². The Bertz CT molecular complexity index is 358. The van der Waals surface area contributed by atoms with Crippen LogP contribution in [0.4, 0.5) is 15.8 Å². The highest BCUT2D eigenvalue weighted by atomic mass is 19.1. The van der Waals surface area contributed by atoms with E-state index in [9.17, 15) is 4.39 Å². The highest BCUT2D eigenvalue weighted by molar-refractivity contribution is 5.68. The molecule has 1 atom stereocenters. The summed E-state index contributed by atoms with van der Waals surface area (Å²) < 4.78 is 18.5. The van der Waals surface area contributed by atoms with E-state index in [-0.39, 0.29) is 18.4 Å². The van der Waals surface area contributed by atoms with Crippen molar-refractivity contribution in [1.29, 1.82) is 0 Å². The highest BCUT2D eigenvalue weighted by Crippen LogP contribution is 2.28. The lowest BCUT2D eigenvalue weighted by Crippen LogP contribution is -2.20. The number of nitrogens with two attached hydrogens (primary N) is 1. The molecule has 0 saturated heterocycles. The Labute approximate surface area is 94.2 Å². The van der Waals surface area contributed by atoms with Crippen LogP contribution >= 0.6 is 0 Å². The maximum atomic E-state index is 13.4. The van der Waals surface area contributed by atoms with Crippen LogP contribution in [-0.2, 0) is 0 Å². The van der Waals surface area contributed by atoms with E-state index in [4.69, 9.17) is 15.6 Å². The summed E-state index contributed by atoms with van der Waals surface area (Å²) in [5.41, 5.74) is 6.50. The van der Waals surface area contributed by atoms with E-state index in [0.29, 0.717) is 18.0 Å². The van der Waals surface area contributed by atoms with Crippen LogP contribution in [0.1, 0.15) is 13.8 Å². The number of nitrogens with one attached hydrogen (secondary N) is 1. The van der Waals surface area contributed by atoms with Gasteiger partial charge < -0.3 is 20.9 Å². The molecule has 90 valence electrons. The first-order chi connectivity index (χ1) is 7.58. The fraction of sp³-hybridized carbons (Fsp3) is 0.455. The predicted octanol–water partition coefficient (Wildman–Crippen LogP) is 1.60. The molecule has 0 bridgehead atoms. The van der Waals surface area contributed by atoms with E-state index in [0.717, 1.165) is 0 Å². The van der Waals surface area contributed by atoms with E-state index in [1.807, 2.05) is 0 Å². The summed E-state index contributed by atoms with van der Waals surface area (Å²) in [5, 5.41) is 11.9. The molecule has 0 aliphatic rings. The lowest BCUT2D eigenvalue weighted by atomic mass is 10.2. The van der Waals surface area contributed by atoms with Crippen molar-refractivity contribution < 1.29 is 14.2 Å². The molecule has 4 nitrogen and oxygen atoms in total. The Morgan fingerprint density at radius 1 is 1.56 bits per heavy atom. The zero-order valence-corrected chi connectivity index (χ0v) is 9.46. The Morgan fingerprint density at radius 3 is 2.81 bits per heavy atom. The number of halogens is 1. The first kappa shape index (κ1) is 12.6. The smallest absolute Gasteiger partial charge is 0.167 e. The second-order valence-electron chi connectivity index (χ2n) is 3.53. The van der Waals surface area contributed by atoms with E-state index in [2.05, 4.69) is 5.32 Å². The van der Waals surface area contributed by atoms with Gasteiger partial charge in [-0.2, -0.15) is 0 Å². The summed E-state index contributed by atoms with van der Waals surface area (Å²) in [6.45, 7) is 3.93. The number of rotatable bonds is 5. The molecule has 0 radical (unpaired) electrons. The Balaban J connectivity index is 2.95. The highest BCUT2D eigenvalue weighted by Gasteiger charge is 2.10. The summed E-state index contributed by atoms with van der Waals surface area (Å²) >= 11 is 0. The van der Waals surface area contributed by atoms with Gasteiger partial charge in [-0.05, 0) is 13.8 Å². The lowest BCUT2D eigenvalue weighted by molar-refractivity contribution is 0.281. The second-order valence-corrected chi connectivity index (χ2v) is 3.53. The van der Waals surface area contributed by atoms with Crippen molar-refractivity contribution in [2.45, 2.75) is 19.9 Å². The number of ether oxygens (including phenoxy) is 1.